The molecule has 1 N–H and O–H groups in total. The average molecular weight is 291 g/mol. The smallest absolute Gasteiger partial charge is 0.185 e. The van der Waals surface area contributed by atoms with E-state index in [-0.39, 0.29) is 6.07 Å². The van der Waals surface area contributed by atoms with Gasteiger partial charge in [-0.05, 0) is 34.1 Å². The molecule has 1 saturated heterocycles. The normalized spacial score (nSPS) is 23.9. The lowest BCUT2D eigenvalue weighted by molar-refractivity contribution is -0.0662. The largest absolute Gasteiger partial charge is 0.374 e. The van der Waals surface area contributed by atoms with Crippen molar-refractivity contribution in [3.8, 4) is 0 Å². The fourth-order valence-corrected chi connectivity index (χ4v) is 2.66. The number of nitrogens with one attached hydrogen (secondary N) is 1. The summed E-state index contributed by atoms with van der Waals surface area (Å²) in [6.07, 6.45) is 0.455. The molecule has 2 nitrogen and oxygen atoms in total. The molecule has 0 spiro atoms. The molecule has 1 aromatic carbocycles. The molecule has 6 heteroatoms. The highest BCUT2D eigenvalue weighted by Crippen LogP contribution is 2.39. The van der Waals surface area contributed by atoms with Crippen molar-refractivity contribution in [1.29, 1.82) is 0 Å². The van der Waals surface area contributed by atoms with Gasteiger partial charge in [0.05, 0.1) is 17.2 Å². The van der Waals surface area contributed by atoms with Crippen LogP contribution in [0.25, 0.3) is 0 Å². The Labute approximate surface area is 115 Å². The van der Waals surface area contributed by atoms with Crippen LogP contribution in [0.3, 0.4) is 0 Å². The summed E-state index contributed by atoms with van der Waals surface area (Å²) in [5, 5.41) is 2.55. The zero-order valence-electron chi connectivity index (χ0n) is 11.8. The van der Waals surface area contributed by atoms with Crippen LogP contribution in [0.2, 0.25) is 0 Å². The summed E-state index contributed by atoms with van der Waals surface area (Å²) in [4.78, 5) is 0. The van der Waals surface area contributed by atoms with Crippen LogP contribution in [0.4, 0.5) is 23.2 Å². The van der Waals surface area contributed by atoms with E-state index in [9.17, 15) is 17.6 Å². The fourth-order valence-electron chi connectivity index (χ4n) is 2.66. The molecule has 1 aliphatic rings. The molecule has 1 unspecified atom stereocenters. The lowest BCUT2D eigenvalue weighted by Gasteiger charge is -2.28. The monoisotopic (exact) mass is 291 g/mol. The Morgan fingerprint density at radius 2 is 1.55 bits per heavy atom. The Balaban J connectivity index is 2.36. The van der Waals surface area contributed by atoms with Crippen LogP contribution < -0.4 is 5.32 Å². The van der Waals surface area contributed by atoms with Gasteiger partial charge >= 0.3 is 0 Å². The quantitative estimate of drug-likeness (QED) is 0.657. The highest BCUT2D eigenvalue weighted by molar-refractivity contribution is 5.49. The molecule has 0 bridgehead atoms. The summed E-state index contributed by atoms with van der Waals surface area (Å²) in [5.41, 5.74) is -1.99. The molecule has 1 atom stereocenters. The first-order valence-corrected chi connectivity index (χ1v) is 6.33. The van der Waals surface area contributed by atoms with Crippen LogP contribution in [0.5, 0.6) is 0 Å². The van der Waals surface area contributed by atoms with Crippen molar-refractivity contribution < 1.29 is 22.3 Å². The summed E-state index contributed by atoms with van der Waals surface area (Å²) >= 11 is 0. The first-order chi connectivity index (χ1) is 9.03. The van der Waals surface area contributed by atoms with Gasteiger partial charge in [0.2, 0.25) is 0 Å². The van der Waals surface area contributed by atoms with Crippen LogP contribution in [0.15, 0.2) is 6.07 Å². The topological polar surface area (TPSA) is 21.3 Å². The third-order valence-corrected chi connectivity index (χ3v) is 3.50. The summed E-state index contributed by atoms with van der Waals surface area (Å²) in [6.45, 7) is 7.19. The molecule has 112 valence electrons. The highest BCUT2D eigenvalue weighted by atomic mass is 19.2. The van der Waals surface area contributed by atoms with Crippen LogP contribution in [-0.2, 0) is 4.74 Å². The van der Waals surface area contributed by atoms with E-state index in [0.717, 1.165) is 0 Å². The number of halogens is 4. The van der Waals surface area contributed by atoms with Crippen molar-refractivity contribution in [2.24, 2.45) is 0 Å². The van der Waals surface area contributed by atoms with Crippen LogP contribution >= 0.6 is 0 Å². The molecule has 1 aliphatic heterocycles. The van der Waals surface area contributed by atoms with Crippen molar-refractivity contribution in [2.75, 3.05) is 5.32 Å². The zero-order valence-corrected chi connectivity index (χ0v) is 11.8. The van der Waals surface area contributed by atoms with Crippen molar-refractivity contribution in [3.63, 3.8) is 0 Å². The Morgan fingerprint density at radius 3 is 1.95 bits per heavy atom. The number of rotatable bonds is 2. The number of hydrogen-bond donors (Lipinski definition) is 1. The van der Waals surface area contributed by atoms with Crippen LogP contribution in [-0.4, -0.2) is 17.2 Å². The Hall–Kier alpha value is -1.30. The minimum Gasteiger partial charge on any atom is -0.374 e. The van der Waals surface area contributed by atoms with Gasteiger partial charge in [0, 0.05) is 6.07 Å². The molecular formula is C14H17F4NO. The molecule has 0 aromatic heterocycles. The fraction of sp³-hybridized carbons (Fsp3) is 0.571. The number of ether oxygens (including phenoxy) is 1. The van der Waals surface area contributed by atoms with Crippen molar-refractivity contribution >= 4 is 5.69 Å². The summed E-state index contributed by atoms with van der Waals surface area (Å²) < 4.78 is 59.4. The molecule has 0 aliphatic carbocycles. The van der Waals surface area contributed by atoms with Crippen LogP contribution in [0, 0.1) is 23.3 Å². The van der Waals surface area contributed by atoms with Crippen molar-refractivity contribution in [2.45, 2.75) is 51.4 Å². The number of hydrogen-bond acceptors (Lipinski definition) is 2. The Kier molecular flexibility index (Phi) is 3.48. The van der Waals surface area contributed by atoms with Crippen LogP contribution in [0.1, 0.15) is 34.1 Å². The standard InChI is InChI=1S/C14H17F4NO/c1-13(2)6-9(14(3,4)20-13)19-12-10(17)7(15)5-8(16)11(12)18/h5,9,19H,6H2,1-4H3. The predicted molar refractivity (Wildman–Crippen MR) is 67.5 cm³/mol. The van der Waals surface area contributed by atoms with E-state index < -0.39 is 46.2 Å². The van der Waals surface area contributed by atoms with Gasteiger partial charge in [-0.1, -0.05) is 0 Å². The van der Waals surface area contributed by atoms with Gasteiger partial charge in [-0.25, -0.2) is 17.6 Å². The van der Waals surface area contributed by atoms with E-state index in [2.05, 4.69) is 5.32 Å². The number of anilines is 1. The molecule has 1 fully saturated rings. The minimum atomic E-state index is -1.43. The van der Waals surface area contributed by atoms with Gasteiger partial charge in [0.1, 0.15) is 5.69 Å². The summed E-state index contributed by atoms with van der Waals surface area (Å²) in [6, 6.07) is -0.279. The zero-order chi connectivity index (χ0) is 15.3. The van der Waals surface area contributed by atoms with Gasteiger partial charge in [-0.3, -0.25) is 0 Å². The van der Waals surface area contributed by atoms with E-state index in [4.69, 9.17) is 4.74 Å². The lowest BCUT2D eigenvalue weighted by atomic mass is 9.94. The maximum Gasteiger partial charge on any atom is 0.185 e. The second-order valence-corrected chi connectivity index (χ2v) is 6.21. The SMILES string of the molecule is CC1(C)CC(Nc2c(F)c(F)cc(F)c2F)C(C)(C)O1. The second kappa shape index (κ2) is 4.62. The van der Waals surface area contributed by atoms with E-state index in [1.165, 1.54) is 0 Å². The Morgan fingerprint density at radius 1 is 1.05 bits per heavy atom. The van der Waals surface area contributed by atoms with Gasteiger partial charge in [0.15, 0.2) is 23.3 Å². The third kappa shape index (κ3) is 2.61. The van der Waals surface area contributed by atoms with E-state index in [1.807, 2.05) is 13.8 Å². The average Bonchev–Trinajstić information content (AvgIpc) is 2.50. The summed E-state index contributed by atoms with van der Waals surface area (Å²) in [7, 11) is 0. The van der Waals surface area contributed by atoms with Gasteiger partial charge in [-0.15, -0.1) is 0 Å². The van der Waals surface area contributed by atoms with Gasteiger partial charge in [-0.2, -0.15) is 0 Å². The van der Waals surface area contributed by atoms with Crippen molar-refractivity contribution in [3.05, 3.63) is 29.3 Å². The maximum atomic E-state index is 13.7. The molecule has 0 amide bonds. The molecule has 1 aromatic rings. The van der Waals surface area contributed by atoms with Crippen molar-refractivity contribution in [1.82, 2.24) is 0 Å². The second-order valence-electron chi connectivity index (χ2n) is 6.21. The van der Waals surface area contributed by atoms with E-state index in [1.54, 1.807) is 13.8 Å². The maximum absolute atomic E-state index is 13.7. The van der Waals surface area contributed by atoms with Gasteiger partial charge in [0.25, 0.3) is 0 Å². The molecule has 20 heavy (non-hydrogen) atoms. The Bertz CT molecular complexity index is 516. The minimum absolute atomic E-state index is 0.191. The molecule has 0 radical (unpaired) electrons. The summed E-state index contributed by atoms with van der Waals surface area (Å²) in [5.74, 6) is -5.71. The molecule has 0 saturated carbocycles. The van der Waals surface area contributed by atoms with E-state index >= 15 is 0 Å². The molecule has 2 rings (SSSR count). The molecular weight excluding hydrogens is 274 g/mol. The predicted octanol–water partition coefficient (Wildman–Crippen LogP) is 4.00. The first kappa shape index (κ1) is 15.1. The van der Waals surface area contributed by atoms with Gasteiger partial charge < -0.3 is 10.1 Å². The molecule has 1 heterocycles. The first-order valence-electron chi connectivity index (χ1n) is 6.33. The number of benzene rings is 1. The highest BCUT2D eigenvalue weighted by Gasteiger charge is 2.46. The lowest BCUT2D eigenvalue weighted by Crippen LogP contribution is -2.38. The van der Waals surface area contributed by atoms with E-state index in [0.29, 0.717) is 6.42 Å². The third-order valence-electron chi connectivity index (χ3n) is 3.50.